The van der Waals surface area contributed by atoms with E-state index in [9.17, 15) is 14.7 Å². The summed E-state index contributed by atoms with van der Waals surface area (Å²) in [5, 5.41) is 12.0. The Hall–Kier alpha value is -1.54. The highest BCUT2D eigenvalue weighted by molar-refractivity contribution is 8.00. The van der Waals surface area contributed by atoms with Gasteiger partial charge in [0, 0.05) is 28.4 Å². The fraction of sp³-hybridized carbons (Fsp3) is 0.828. The van der Waals surface area contributed by atoms with Crippen LogP contribution >= 0.6 is 11.8 Å². The first-order chi connectivity index (χ1) is 17.4. The zero-order chi connectivity index (χ0) is 27.2. The molecule has 4 aliphatic carbocycles. The van der Waals surface area contributed by atoms with Gasteiger partial charge in [-0.05, 0) is 62.2 Å². The van der Waals surface area contributed by atoms with Crippen LogP contribution in [0.1, 0.15) is 85.5 Å². The number of aliphatic hydroxyl groups excluding tert-OH is 1. The lowest BCUT2D eigenvalue weighted by Gasteiger charge is -2.61. The van der Waals surface area contributed by atoms with E-state index in [4.69, 9.17) is 16.2 Å². The smallest absolute Gasteiger partial charge is 0.316 e. The highest BCUT2D eigenvalue weighted by Crippen LogP contribution is 2.68. The first kappa shape index (κ1) is 28.5. The van der Waals surface area contributed by atoms with E-state index < -0.39 is 23.0 Å². The fourth-order valence-electron chi connectivity index (χ4n) is 8.48. The van der Waals surface area contributed by atoms with Gasteiger partial charge in [0.15, 0.2) is 5.96 Å². The van der Waals surface area contributed by atoms with Crippen molar-refractivity contribution >= 4 is 29.5 Å². The average Bonchev–Trinajstić information content (AvgIpc) is 3.21. The molecule has 4 rings (SSSR count). The van der Waals surface area contributed by atoms with Gasteiger partial charge in [0.2, 0.25) is 0 Å². The van der Waals surface area contributed by atoms with Crippen LogP contribution in [0.15, 0.2) is 17.6 Å². The van der Waals surface area contributed by atoms with E-state index in [2.05, 4.69) is 32.3 Å². The molecule has 0 saturated heterocycles. The SMILES string of the molecule is C=C[C@]1(C)C[C@@H](OC(=O)CSC2CCCC(N=C(N)N)C2)[C@]2(C)C(C)CCC3(CCC(=O)C32)[C@@H](C)C1O. The van der Waals surface area contributed by atoms with E-state index in [0.29, 0.717) is 18.1 Å². The normalized spacial score (nSPS) is 45.8. The minimum absolute atomic E-state index is 0.0320. The van der Waals surface area contributed by atoms with Crippen molar-refractivity contribution in [3.63, 3.8) is 0 Å². The molecule has 10 atom stereocenters. The van der Waals surface area contributed by atoms with Crippen LogP contribution in [0.3, 0.4) is 0 Å². The molecule has 0 spiro atoms. The van der Waals surface area contributed by atoms with Crippen LogP contribution < -0.4 is 11.5 Å². The first-order valence-electron chi connectivity index (χ1n) is 14.1. The maximum absolute atomic E-state index is 13.5. The molecule has 208 valence electrons. The van der Waals surface area contributed by atoms with E-state index in [1.165, 1.54) is 0 Å². The molecule has 0 heterocycles. The number of hydrogen-bond acceptors (Lipinski definition) is 6. The summed E-state index contributed by atoms with van der Waals surface area (Å²) in [4.78, 5) is 31.2. The molecule has 2 bridgehead atoms. The maximum atomic E-state index is 13.5. The Bertz CT molecular complexity index is 938. The summed E-state index contributed by atoms with van der Waals surface area (Å²) in [5.74, 6) is 0.402. The van der Waals surface area contributed by atoms with Crippen molar-refractivity contribution < 1.29 is 19.4 Å². The number of hydrogen-bond donors (Lipinski definition) is 3. The van der Waals surface area contributed by atoms with Gasteiger partial charge in [-0.25, -0.2) is 0 Å². The second-order valence-corrected chi connectivity index (χ2v) is 14.2. The molecule has 0 amide bonds. The molecule has 0 aliphatic heterocycles. The molecule has 0 aromatic carbocycles. The Morgan fingerprint density at radius 3 is 2.65 bits per heavy atom. The summed E-state index contributed by atoms with van der Waals surface area (Å²) in [7, 11) is 0. The predicted octanol–water partition coefficient (Wildman–Crippen LogP) is 4.21. The molecular weight excluding hydrogens is 486 g/mol. The number of nitrogens with two attached hydrogens (primary N) is 2. The van der Waals surface area contributed by atoms with Crippen molar-refractivity contribution in [3.05, 3.63) is 12.7 Å². The maximum Gasteiger partial charge on any atom is 0.316 e. The third-order valence-corrected chi connectivity index (χ3v) is 12.2. The Labute approximate surface area is 226 Å². The summed E-state index contributed by atoms with van der Waals surface area (Å²) in [6, 6.07) is 0.109. The van der Waals surface area contributed by atoms with Crippen molar-refractivity contribution in [2.24, 2.45) is 50.5 Å². The number of Topliss-reactive ketones (excluding diaryl/α,β-unsaturated/α-hetero) is 1. The number of carbonyl (C=O) groups excluding carboxylic acids is 2. The van der Waals surface area contributed by atoms with E-state index in [1.54, 1.807) is 11.8 Å². The Balaban J connectivity index is 1.57. The number of nitrogens with zero attached hydrogens (tertiary/aromatic N) is 1. The summed E-state index contributed by atoms with van der Waals surface area (Å²) in [6.07, 6.45) is 8.33. The van der Waals surface area contributed by atoms with Crippen LogP contribution in [0.2, 0.25) is 0 Å². The molecular formula is C29H47N3O4S. The minimum atomic E-state index is -0.651. The lowest BCUT2D eigenvalue weighted by Crippen LogP contribution is -2.63. The van der Waals surface area contributed by atoms with Crippen LogP contribution in [-0.2, 0) is 14.3 Å². The van der Waals surface area contributed by atoms with Gasteiger partial charge in [0.1, 0.15) is 11.9 Å². The molecule has 5 N–H and O–H groups in total. The number of rotatable bonds is 6. The van der Waals surface area contributed by atoms with Crippen molar-refractivity contribution in [2.75, 3.05) is 5.75 Å². The number of guanidine groups is 1. The number of ether oxygens (including phenoxy) is 1. The Morgan fingerprint density at radius 2 is 1.97 bits per heavy atom. The second-order valence-electron chi connectivity index (χ2n) is 12.9. The number of aliphatic imine (C=N–C) groups is 1. The van der Waals surface area contributed by atoms with Crippen LogP contribution in [0.5, 0.6) is 0 Å². The first-order valence-corrected chi connectivity index (χ1v) is 15.2. The van der Waals surface area contributed by atoms with Crippen molar-refractivity contribution in [2.45, 2.75) is 109 Å². The largest absolute Gasteiger partial charge is 0.461 e. The predicted molar refractivity (Wildman–Crippen MR) is 149 cm³/mol. The molecule has 4 aliphatic rings. The highest BCUT2D eigenvalue weighted by atomic mass is 32.2. The number of esters is 1. The molecule has 6 unspecified atom stereocenters. The molecule has 4 fully saturated rings. The molecule has 0 radical (unpaired) electrons. The Morgan fingerprint density at radius 1 is 1.24 bits per heavy atom. The molecule has 7 nitrogen and oxygen atoms in total. The van der Waals surface area contributed by atoms with Gasteiger partial charge < -0.3 is 21.3 Å². The standard InChI is InChI=1S/C29H47N3O4S/c1-6-27(4)15-22(36-23(34)16-37-20-9-7-8-19(14-20)32-26(30)31)28(5)17(2)10-12-29(18(3)25(27)35)13-11-21(33)24(28)29/h6,17-20,22,24-25,35H,1,7-16H2,2-5H3,(H4,30,31,32)/t17?,18-,19?,20?,22+,24?,25?,27+,28-,29?/m0/s1. The zero-order valence-electron chi connectivity index (χ0n) is 23.1. The topological polar surface area (TPSA) is 128 Å². The lowest BCUT2D eigenvalue weighted by molar-refractivity contribution is -0.205. The highest BCUT2D eigenvalue weighted by Gasteiger charge is 2.68. The zero-order valence-corrected chi connectivity index (χ0v) is 23.9. The monoisotopic (exact) mass is 533 g/mol. The summed E-state index contributed by atoms with van der Waals surface area (Å²) in [5.41, 5.74) is 9.81. The van der Waals surface area contributed by atoms with Crippen molar-refractivity contribution in [1.82, 2.24) is 0 Å². The van der Waals surface area contributed by atoms with Gasteiger partial charge in [-0.3, -0.25) is 14.6 Å². The van der Waals surface area contributed by atoms with E-state index in [1.807, 2.05) is 13.0 Å². The molecule has 37 heavy (non-hydrogen) atoms. The van der Waals surface area contributed by atoms with Crippen molar-refractivity contribution in [1.29, 1.82) is 0 Å². The van der Waals surface area contributed by atoms with Crippen molar-refractivity contribution in [3.8, 4) is 0 Å². The van der Waals surface area contributed by atoms with Gasteiger partial charge in [-0.15, -0.1) is 18.3 Å². The van der Waals surface area contributed by atoms with Crippen LogP contribution in [-0.4, -0.2) is 52.1 Å². The van der Waals surface area contributed by atoms with Gasteiger partial charge >= 0.3 is 5.97 Å². The number of thioether (sulfide) groups is 1. The molecule has 4 saturated carbocycles. The number of carbonyl (C=O) groups is 2. The van der Waals surface area contributed by atoms with E-state index in [-0.39, 0.29) is 52.7 Å². The molecule has 0 aromatic heterocycles. The second kappa shape index (κ2) is 10.6. The number of aliphatic hydroxyl groups is 1. The van der Waals surface area contributed by atoms with E-state index >= 15 is 0 Å². The quantitative estimate of drug-likeness (QED) is 0.202. The van der Waals surface area contributed by atoms with Gasteiger partial charge in [-0.1, -0.05) is 40.2 Å². The third-order valence-electron chi connectivity index (χ3n) is 10.9. The van der Waals surface area contributed by atoms with Crippen LogP contribution in [0.25, 0.3) is 0 Å². The van der Waals surface area contributed by atoms with Crippen LogP contribution in [0, 0.1) is 34.0 Å². The van der Waals surface area contributed by atoms with Gasteiger partial charge in [0.25, 0.3) is 0 Å². The Kier molecular flexibility index (Phi) is 8.12. The van der Waals surface area contributed by atoms with Crippen LogP contribution in [0.4, 0.5) is 0 Å². The summed E-state index contributed by atoms with van der Waals surface area (Å²) >= 11 is 1.62. The average molecular weight is 534 g/mol. The molecule has 0 aromatic rings. The van der Waals surface area contributed by atoms with E-state index in [0.717, 1.165) is 44.9 Å². The minimum Gasteiger partial charge on any atom is -0.461 e. The lowest BCUT2D eigenvalue weighted by atomic mass is 9.44. The van der Waals surface area contributed by atoms with Gasteiger partial charge in [-0.2, -0.15) is 0 Å². The number of ketones is 1. The summed E-state index contributed by atoms with van der Waals surface area (Å²) in [6.45, 7) is 12.6. The third kappa shape index (κ3) is 4.97. The fourth-order valence-corrected chi connectivity index (χ4v) is 9.61. The summed E-state index contributed by atoms with van der Waals surface area (Å²) < 4.78 is 6.36. The van der Waals surface area contributed by atoms with Gasteiger partial charge in [0.05, 0.1) is 17.9 Å². The molecule has 8 heteroatoms.